The molecule has 132 valence electrons. The molecule has 0 atom stereocenters. The van der Waals surface area contributed by atoms with Gasteiger partial charge >= 0.3 is 6.16 Å². The molecule has 0 aliphatic carbocycles. The van der Waals surface area contributed by atoms with Crippen molar-refractivity contribution >= 4 is 6.16 Å². The van der Waals surface area contributed by atoms with Crippen LogP contribution >= 0.6 is 0 Å². The van der Waals surface area contributed by atoms with E-state index in [0.29, 0.717) is 13.2 Å². The Morgan fingerprint density at radius 2 is 1.14 bits per heavy atom. The minimum atomic E-state index is -1.26. The summed E-state index contributed by atoms with van der Waals surface area (Å²) in [6.07, 6.45) is 2.74. The lowest BCUT2D eigenvalue weighted by atomic mass is 10.4. The molecule has 0 amide bonds. The summed E-state index contributed by atoms with van der Waals surface area (Å²) in [5, 5.41) is 0. The van der Waals surface area contributed by atoms with Crippen molar-refractivity contribution in [3.8, 4) is 0 Å². The van der Waals surface area contributed by atoms with Crippen molar-refractivity contribution in [3.05, 3.63) is 0 Å². The van der Waals surface area contributed by atoms with Gasteiger partial charge in [0.1, 0.15) is 0 Å². The number of unbranched alkanes of at least 4 members (excludes halogenated alkanes) is 2. The quantitative estimate of drug-likeness (QED) is 0.176. The number of hydrogen-bond donors (Lipinski definition) is 0. The van der Waals surface area contributed by atoms with E-state index in [1.54, 1.807) is 27.7 Å². The SMILES string of the molecule is CCCCOOC(C)(C)OC(=O)OC(C)(C)OOCCCC. The molecular formula is C15H30O7. The highest BCUT2D eigenvalue weighted by Crippen LogP contribution is 2.18. The van der Waals surface area contributed by atoms with Gasteiger partial charge in [-0.3, -0.25) is 0 Å². The van der Waals surface area contributed by atoms with Crippen LogP contribution in [-0.4, -0.2) is 30.9 Å². The van der Waals surface area contributed by atoms with Gasteiger partial charge in [-0.05, 0) is 12.8 Å². The van der Waals surface area contributed by atoms with Crippen molar-refractivity contribution in [2.45, 2.75) is 78.8 Å². The number of carbonyl (C=O) groups is 1. The Morgan fingerprint density at radius 1 is 0.773 bits per heavy atom. The molecule has 0 fully saturated rings. The summed E-state index contributed by atoms with van der Waals surface area (Å²) in [6.45, 7) is 11.1. The van der Waals surface area contributed by atoms with Gasteiger partial charge in [-0.1, -0.05) is 26.7 Å². The first kappa shape index (κ1) is 21.1. The first-order valence-electron chi connectivity index (χ1n) is 7.75. The van der Waals surface area contributed by atoms with Crippen LogP contribution in [0.4, 0.5) is 4.79 Å². The molecule has 0 saturated carbocycles. The molecule has 0 rings (SSSR count). The first-order chi connectivity index (χ1) is 10.2. The van der Waals surface area contributed by atoms with Gasteiger partial charge in [0.05, 0.1) is 13.2 Å². The van der Waals surface area contributed by atoms with E-state index in [4.69, 9.17) is 29.0 Å². The van der Waals surface area contributed by atoms with Gasteiger partial charge in [0.2, 0.25) is 11.6 Å². The zero-order valence-electron chi connectivity index (χ0n) is 14.6. The summed E-state index contributed by atoms with van der Waals surface area (Å²) >= 11 is 0. The number of ether oxygens (including phenoxy) is 2. The maximum atomic E-state index is 11.7. The molecule has 0 saturated heterocycles. The van der Waals surface area contributed by atoms with E-state index in [0.717, 1.165) is 25.7 Å². The highest BCUT2D eigenvalue weighted by atomic mass is 17.2. The third-order valence-electron chi connectivity index (χ3n) is 2.34. The van der Waals surface area contributed by atoms with E-state index in [1.165, 1.54) is 0 Å². The van der Waals surface area contributed by atoms with Gasteiger partial charge in [-0.15, -0.1) is 0 Å². The van der Waals surface area contributed by atoms with E-state index in [2.05, 4.69) is 0 Å². The Bertz CT molecular complexity index is 274. The Morgan fingerprint density at radius 3 is 1.45 bits per heavy atom. The summed E-state index contributed by atoms with van der Waals surface area (Å²) in [7, 11) is 0. The summed E-state index contributed by atoms with van der Waals surface area (Å²) in [4.78, 5) is 31.8. The molecular weight excluding hydrogens is 292 g/mol. The maximum absolute atomic E-state index is 11.7. The van der Waals surface area contributed by atoms with Crippen LogP contribution in [0.15, 0.2) is 0 Å². The second kappa shape index (κ2) is 10.8. The van der Waals surface area contributed by atoms with E-state index < -0.39 is 17.7 Å². The second-order valence-electron chi connectivity index (χ2n) is 5.77. The van der Waals surface area contributed by atoms with E-state index in [-0.39, 0.29) is 0 Å². The van der Waals surface area contributed by atoms with Crippen LogP contribution in [0.5, 0.6) is 0 Å². The molecule has 7 heteroatoms. The third-order valence-corrected chi connectivity index (χ3v) is 2.34. The highest BCUT2D eigenvalue weighted by Gasteiger charge is 2.32. The van der Waals surface area contributed by atoms with Crippen molar-refractivity contribution in [2.24, 2.45) is 0 Å². The largest absolute Gasteiger partial charge is 0.513 e. The van der Waals surface area contributed by atoms with Crippen LogP contribution < -0.4 is 0 Å². The molecule has 0 aromatic rings. The van der Waals surface area contributed by atoms with Gasteiger partial charge in [-0.2, -0.15) is 9.78 Å². The van der Waals surface area contributed by atoms with Gasteiger partial charge in [0.25, 0.3) is 0 Å². The summed E-state index contributed by atoms with van der Waals surface area (Å²) in [5.74, 6) is -2.52. The predicted molar refractivity (Wildman–Crippen MR) is 79.6 cm³/mol. The molecule has 0 aromatic heterocycles. The highest BCUT2D eigenvalue weighted by molar-refractivity contribution is 5.60. The van der Waals surface area contributed by atoms with E-state index in [1.807, 2.05) is 13.8 Å². The molecule has 0 spiro atoms. The van der Waals surface area contributed by atoms with Gasteiger partial charge in [0.15, 0.2) is 0 Å². The van der Waals surface area contributed by atoms with Crippen molar-refractivity contribution < 1.29 is 33.8 Å². The standard InChI is InChI=1S/C15H30O7/c1-7-9-11-17-21-14(3,4)19-13(16)20-15(5,6)22-18-12-10-8-2/h7-12H2,1-6H3. The normalized spacial score (nSPS) is 12.3. The number of hydrogen-bond acceptors (Lipinski definition) is 7. The van der Waals surface area contributed by atoms with E-state index >= 15 is 0 Å². The van der Waals surface area contributed by atoms with Crippen molar-refractivity contribution in [3.63, 3.8) is 0 Å². The lowest BCUT2D eigenvalue weighted by molar-refractivity contribution is -0.424. The minimum Gasteiger partial charge on any atom is -0.399 e. The molecule has 0 aliphatic rings. The predicted octanol–water partition coefficient (Wildman–Crippen LogP) is 4.11. The first-order valence-corrected chi connectivity index (χ1v) is 7.75. The average molecular weight is 322 g/mol. The van der Waals surface area contributed by atoms with Gasteiger partial charge in [0, 0.05) is 27.7 Å². The number of carbonyl (C=O) groups excluding carboxylic acids is 1. The van der Waals surface area contributed by atoms with Crippen LogP contribution in [0.2, 0.25) is 0 Å². The Labute approximate surface area is 133 Å². The van der Waals surface area contributed by atoms with Crippen LogP contribution in [0, 0.1) is 0 Å². The fraction of sp³-hybridized carbons (Fsp3) is 0.933. The van der Waals surface area contributed by atoms with Gasteiger partial charge in [-0.25, -0.2) is 14.6 Å². The summed E-state index contributed by atoms with van der Waals surface area (Å²) in [6, 6.07) is 0. The molecule has 0 N–H and O–H groups in total. The Kier molecular flexibility index (Phi) is 10.3. The molecule has 7 nitrogen and oxygen atoms in total. The summed E-state index contributed by atoms with van der Waals surface area (Å²) < 4.78 is 10.1. The molecule has 0 radical (unpaired) electrons. The average Bonchev–Trinajstić information content (AvgIpc) is 2.38. The lowest BCUT2D eigenvalue weighted by Gasteiger charge is -2.27. The molecule has 0 unspecified atom stereocenters. The second-order valence-corrected chi connectivity index (χ2v) is 5.77. The Balaban J connectivity index is 4.07. The maximum Gasteiger partial charge on any atom is 0.513 e. The van der Waals surface area contributed by atoms with Crippen LogP contribution in [0.25, 0.3) is 0 Å². The van der Waals surface area contributed by atoms with Crippen molar-refractivity contribution in [1.82, 2.24) is 0 Å². The molecule has 0 heterocycles. The molecule has 0 aromatic carbocycles. The third kappa shape index (κ3) is 11.7. The lowest BCUT2D eigenvalue weighted by Crippen LogP contribution is -2.37. The minimum absolute atomic E-state index is 0.429. The Hall–Kier alpha value is -0.890. The molecule has 0 bridgehead atoms. The monoisotopic (exact) mass is 322 g/mol. The van der Waals surface area contributed by atoms with Crippen LogP contribution in [0.3, 0.4) is 0 Å². The fourth-order valence-corrected chi connectivity index (χ4v) is 1.23. The smallest absolute Gasteiger partial charge is 0.399 e. The van der Waals surface area contributed by atoms with Crippen LogP contribution in [0.1, 0.15) is 67.2 Å². The van der Waals surface area contributed by atoms with Crippen molar-refractivity contribution in [2.75, 3.05) is 13.2 Å². The van der Waals surface area contributed by atoms with E-state index in [9.17, 15) is 4.79 Å². The summed E-state index contributed by atoms with van der Waals surface area (Å²) in [5.41, 5.74) is 0. The fourth-order valence-electron chi connectivity index (χ4n) is 1.23. The van der Waals surface area contributed by atoms with Crippen LogP contribution in [-0.2, 0) is 29.0 Å². The zero-order chi connectivity index (χ0) is 17.1. The molecule has 22 heavy (non-hydrogen) atoms. The zero-order valence-corrected chi connectivity index (χ0v) is 14.6. The van der Waals surface area contributed by atoms with Crippen molar-refractivity contribution in [1.29, 1.82) is 0 Å². The number of rotatable bonds is 12. The topological polar surface area (TPSA) is 72.5 Å². The molecule has 0 aliphatic heterocycles. The van der Waals surface area contributed by atoms with Gasteiger partial charge < -0.3 is 9.47 Å².